The van der Waals surface area contributed by atoms with Gasteiger partial charge in [-0.1, -0.05) is 12.1 Å². The standard InChI is InChI=1S/C16H15N3O4S/c1-9-6-14-15(8-13(9)17)19(16(21)18-14)24(22,23)12-5-3-4-11(7-12)10(2)20/h3-8H,17H2,1-2H3,(H,18,21). The minimum atomic E-state index is -4.17. The third-order valence-corrected chi connectivity index (χ3v) is 5.50. The summed E-state index contributed by atoms with van der Waals surface area (Å²) in [5, 5.41) is 0. The number of nitrogen functional groups attached to an aromatic ring is 1. The summed E-state index contributed by atoms with van der Waals surface area (Å²) < 4.78 is 26.4. The SMILES string of the molecule is CC(=O)c1cccc(S(=O)(=O)n2c(=O)[nH]c3cc(C)c(N)cc32)c1. The number of imidazole rings is 1. The Morgan fingerprint density at radius 1 is 1.21 bits per heavy atom. The van der Waals surface area contributed by atoms with Crippen molar-refractivity contribution in [3.8, 4) is 0 Å². The number of aromatic nitrogens is 2. The maximum Gasteiger partial charge on any atom is 0.340 e. The first-order chi connectivity index (χ1) is 11.2. The first-order valence-electron chi connectivity index (χ1n) is 7.09. The smallest absolute Gasteiger partial charge is 0.340 e. The van der Waals surface area contributed by atoms with Crippen molar-refractivity contribution in [2.45, 2.75) is 18.7 Å². The quantitative estimate of drug-likeness (QED) is 0.553. The minimum Gasteiger partial charge on any atom is -0.398 e. The van der Waals surface area contributed by atoms with Gasteiger partial charge in [-0.2, -0.15) is 3.97 Å². The van der Waals surface area contributed by atoms with Gasteiger partial charge >= 0.3 is 5.69 Å². The number of carbonyl (C=O) groups excluding carboxylic acids is 1. The number of rotatable bonds is 3. The van der Waals surface area contributed by atoms with E-state index in [0.717, 1.165) is 5.56 Å². The van der Waals surface area contributed by atoms with Crippen molar-refractivity contribution in [1.29, 1.82) is 0 Å². The number of nitrogens with two attached hydrogens (primary N) is 1. The lowest BCUT2D eigenvalue weighted by atomic mass is 10.2. The van der Waals surface area contributed by atoms with Crippen LogP contribution in [0.25, 0.3) is 11.0 Å². The Morgan fingerprint density at radius 3 is 2.58 bits per heavy atom. The van der Waals surface area contributed by atoms with Crippen LogP contribution in [0.4, 0.5) is 5.69 Å². The molecule has 0 amide bonds. The lowest BCUT2D eigenvalue weighted by Crippen LogP contribution is -2.25. The first-order valence-corrected chi connectivity index (χ1v) is 8.53. The molecule has 0 unspecified atom stereocenters. The molecule has 3 aromatic rings. The van der Waals surface area contributed by atoms with E-state index in [9.17, 15) is 18.0 Å². The molecule has 0 aliphatic rings. The summed E-state index contributed by atoms with van der Waals surface area (Å²) in [6, 6.07) is 8.62. The van der Waals surface area contributed by atoms with Crippen LogP contribution in [-0.2, 0) is 10.0 Å². The number of nitrogens with zero attached hydrogens (tertiary/aromatic N) is 1. The molecule has 2 aromatic carbocycles. The van der Waals surface area contributed by atoms with E-state index in [2.05, 4.69) is 4.98 Å². The number of aryl methyl sites for hydroxylation is 1. The van der Waals surface area contributed by atoms with Crippen molar-refractivity contribution < 1.29 is 13.2 Å². The molecule has 1 aromatic heterocycles. The predicted octanol–water partition coefficient (Wildman–Crippen LogP) is 1.66. The van der Waals surface area contributed by atoms with Gasteiger partial charge in [-0.3, -0.25) is 4.79 Å². The van der Waals surface area contributed by atoms with E-state index in [1.807, 2.05) is 0 Å². The molecular formula is C16H15N3O4S. The van der Waals surface area contributed by atoms with Crippen molar-refractivity contribution in [1.82, 2.24) is 8.96 Å². The second-order valence-corrected chi connectivity index (χ2v) is 7.30. The van der Waals surface area contributed by atoms with E-state index in [0.29, 0.717) is 15.2 Å². The largest absolute Gasteiger partial charge is 0.398 e. The summed E-state index contributed by atoms with van der Waals surface area (Å²) in [6.07, 6.45) is 0. The van der Waals surface area contributed by atoms with E-state index < -0.39 is 15.7 Å². The van der Waals surface area contributed by atoms with Crippen molar-refractivity contribution in [3.05, 3.63) is 58.0 Å². The minimum absolute atomic E-state index is 0.141. The van der Waals surface area contributed by atoms with Crippen LogP contribution < -0.4 is 11.4 Å². The monoisotopic (exact) mass is 345 g/mol. The molecule has 124 valence electrons. The Hall–Kier alpha value is -2.87. The molecule has 8 heteroatoms. The molecule has 0 aliphatic heterocycles. The number of hydrogen-bond donors (Lipinski definition) is 2. The Bertz CT molecular complexity index is 1140. The van der Waals surface area contributed by atoms with E-state index in [-0.39, 0.29) is 21.8 Å². The van der Waals surface area contributed by atoms with Crippen LogP contribution in [0.1, 0.15) is 22.8 Å². The van der Waals surface area contributed by atoms with Crippen molar-refractivity contribution in [2.75, 3.05) is 5.73 Å². The zero-order valence-electron chi connectivity index (χ0n) is 13.0. The van der Waals surface area contributed by atoms with Crippen LogP contribution in [0.5, 0.6) is 0 Å². The van der Waals surface area contributed by atoms with Gasteiger partial charge in [0.05, 0.1) is 15.9 Å². The molecule has 24 heavy (non-hydrogen) atoms. The zero-order valence-corrected chi connectivity index (χ0v) is 13.8. The van der Waals surface area contributed by atoms with Gasteiger partial charge in [-0.05, 0) is 43.7 Å². The predicted molar refractivity (Wildman–Crippen MR) is 90.7 cm³/mol. The fraction of sp³-hybridized carbons (Fsp3) is 0.125. The number of H-pyrrole nitrogens is 1. The third kappa shape index (κ3) is 2.41. The molecule has 0 spiro atoms. The van der Waals surface area contributed by atoms with Crippen molar-refractivity contribution >= 4 is 32.5 Å². The van der Waals surface area contributed by atoms with Gasteiger partial charge in [0.2, 0.25) is 0 Å². The summed E-state index contributed by atoms with van der Waals surface area (Å²) >= 11 is 0. The van der Waals surface area contributed by atoms with E-state index >= 15 is 0 Å². The van der Waals surface area contributed by atoms with Crippen LogP contribution in [0.3, 0.4) is 0 Å². The van der Waals surface area contributed by atoms with E-state index in [1.165, 1.54) is 37.3 Å². The van der Waals surface area contributed by atoms with Crippen molar-refractivity contribution in [2.24, 2.45) is 0 Å². The van der Waals surface area contributed by atoms with Gasteiger partial charge in [0.25, 0.3) is 10.0 Å². The maximum atomic E-state index is 12.9. The molecule has 0 aliphatic carbocycles. The number of carbonyl (C=O) groups is 1. The molecule has 0 saturated heterocycles. The second kappa shape index (κ2) is 5.34. The molecule has 0 saturated carbocycles. The topological polar surface area (TPSA) is 115 Å². The number of anilines is 1. The average Bonchev–Trinajstić information content (AvgIpc) is 2.83. The highest BCUT2D eigenvalue weighted by atomic mass is 32.2. The highest BCUT2D eigenvalue weighted by molar-refractivity contribution is 7.90. The normalized spacial score (nSPS) is 11.8. The Labute approximate surface area is 137 Å². The molecule has 0 bridgehead atoms. The molecule has 0 atom stereocenters. The molecule has 1 heterocycles. The fourth-order valence-electron chi connectivity index (χ4n) is 2.48. The zero-order chi connectivity index (χ0) is 17.6. The van der Waals surface area contributed by atoms with Crippen LogP contribution in [-0.4, -0.2) is 23.2 Å². The Balaban J connectivity index is 2.32. The van der Waals surface area contributed by atoms with Gasteiger partial charge in [0.1, 0.15) is 0 Å². The lowest BCUT2D eigenvalue weighted by Gasteiger charge is -2.08. The van der Waals surface area contributed by atoms with Gasteiger partial charge in [-0.25, -0.2) is 13.2 Å². The summed E-state index contributed by atoms with van der Waals surface area (Å²) in [4.78, 5) is 26.1. The number of hydrogen-bond acceptors (Lipinski definition) is 5. The number of aromatic amines is 1. The molecule has 3 rings (SSSR count). The highest BCUT2D eigenvalue weighted by Crippen LogP contribution is 2.23. The number of Topliss-reactive ketones (excluding diaryl/α,β-unsaturated/α-hetero) is 1. The lowest BCUT2D eigenvalue weighted by molar-refractivity contribution is 0.101. The van der Waals surface area contributed by atoms with Gasteiger partial charge < -0.3 is 10.7 Å². The van der Waals surface area contributed by atoms with Crippen LogP contribution in [0, 0.1) is 6.92 Å². The average molecular weight is 345 g/mol. The van der Waals surface area contributed by atoms with E-state index in [1.54, 1.807) is 13.0 Å². The number of fused-ring (bicyclic) bond motifs is 1. The number of nitrogens with one attached hydrogen (secondary N) is 1. The third-order valence-electron chi connectivity index (χ3n) is 3.81. The van der Waals surface area contributed by atoms with Gasteiger partial charge in [-0.15, -0.1) is 0 Å². The first kappa shape index (κ1) is 16.0. The molecular weight excluding hydrogens is 330 g/mol. The molecule has 0 radical (unpaired) electrons. The summed E-state index contributed by atoms with van der Waals surface area (Å²) in [5.74, 6) is -0.266. The van der Waals surface area contributed by atoms with Crippen LogP contribution in [0.15, 0.2) is 46.1 Å². The molecule has 0 fully saturated rings. The van der Waals surface area contributed by atoms with E-state index in [4.69, 9.17) is 5.73 Å². The Morgan fingerprint density at radius 2 is 1.92 bits per heavy atom. The summed E-state index contributed by atoms with van der Waals surface area (Å²) in [7, 11) is -4.17. The molecule has 3 N–H and O–H groups in total. The van der Waals surface area contributed by atoms with Crippen molar-refractivity contribution in [3.63, 3.8) is 0 Å². The van der Waals surface area contributed by atoms with Gasteiger partial charge in [0, 0.05) is 11.3 Å². The summed E-state index contributed by atoms with van der Waals surface area (Å²) in [5.41, 5.74) is 6.94. The van der Waals surface area contributed by atoms with Crippen LogP contribution in [0.2, 0.25) is 0 Å². The van der Waals surface area contributed by atoms with Crippen LogP contribution >= 0.6 is 0 Å². The molecule has 7 nitrogen and oxygen atoms in total. The fourth-order valence-corrected chi connectivity index (χ4v) is 3.89. The highest BCUT2D eigenvalue weighted by Gasteiger charge is 2.23. The van der Waals surface area contributed by atoms with Gasteiger partial charge in [0.15, 0.2) is 5.78 Å². The Kier molecular flexibility index (Phi) is 3.56. The number of ketones is 1. The number of benzene rings is 2. The second-order valence-electron chi connectivity index (χ2n) is 5.51. The maximum absolute atomic E-state index is 12.9. The summed E-state index contributed by atoms with van der Waals surface area (Å²) in [6.45, 7) is 3.10.